The second-order valence-electron chi connectivity index (χ2n) is 2.92. The van der Waals surface area contributed by atoms with Crippen LogP contribution >= 0.6 is 0 Å². The molecule has 1 atom stereocenters. The quantitative estimate of drug-likeness (QED) is 0.659. The van der Waals surface area contributed by atoms with Crippen molar-refractivity contribution in [1.82, 2.24) is 9.97 Å². The molecule has 0 saturated heterocycles. The summed E-state index contributed by atoms with van der Waals surface area (Å²) in [6, 6.07) is 1.98. The summed E-state index contributed by atoms with van der Waals surface area (Å²) in [5.74, 6) is 0.727. The van der Waals surface area contributed by atoms with Crippen LogP contribution in [0.15, 0.2) is 18.6 Å². The Morgan fingerprint density at radius 1 is 1.55 bits per heavy atom. The van der Waals surface area contributed by atoms with E-state index in [-0.39, 0.29) is 0 Å². The van der Waals surface area contributed by atoms with Crippen molar-refractivity contribution in [3.63, 3.8) is 0 Å². The van der Waals surface area contributed by atoms with E-state index in [9.17, 15) is 0 Å². The molecule has 1 rings (SSSR count). The largest absolute Gasteiger partial charge is 0.245 e. The second kappa shape index (κ2) is 4.06. The van der Waals surface area contributed by atoms with Gasteiger partial charge in [-0.3, -0.25) is 0 Å². The van der Waals surface area contributed by atoms with Crippen molar-refractivity contribution >= 4 is 0 Å². The maximum Gasteiger partial charge on any atom is 0.115 e. The molecular weight excluding hydrogens is 136 g/mol. The molecule has 0 aliphatic rings. The molecule has 0 bridgehead atoms. The van der Waals surface area contributed by atoms with Crippen molar-refractivity contribution in [3.05, 3.63) is 24.3 Å². The lowest BCUT2D eigenvalue weighted by molar-refractivity contribution is 0.552. The molecule has 0 amide bonds. The Balaban J connectivity index is 2.51. The van der Waals surface area contributed by atoms with Gasteiger partial charge in [0.25, 0.3) is 0 Å². The monoisotopic (exact) mass is 150 g/mol. The molecule has 0 aliphatic carbocycles. The van der Waals surface area contributed by atoms with E-state index in [0.29, 0.717) is 0 Å². The van der Waals surface area contributed by atoms with E-state index in [1.807, 2.05) is 6.07 Å². The molecule has 11 heavy (non-hydrogen) atoms. The first-order valence-electron chi connectivity index (χ1n) is 4.07. The molecular formula is C9H14N2. The van der Waals surface area contributed by atoms with Crippen molar-refractivity contribution < 1.29 is 0 Å². The zero-order valence-electron chi connectivity index (χ0n) is 7.12. The van der Waals surface area contributed by atoms with E-state index in [1.165, 1.54) is 6.42 Å². The fraction of sp³-hybridized carbons (Fsp3) is 0.556. The summed E-state index contributed by atoms with van der Waals surface area (Å²) in [6.07, 6.45) is 5.69. The van der Waals surface area contributed by atoms with Crippen molar-refractivity contribution in [3.8, 4) is 0 Å². The third kappa shape index (κ3) is 2.66. The molecule has 0 N–H and O–H groups in total. The van der Waals surface area contributed by atoms with E-state index in [4.69, 9.17) is 0 Å². The summed E-state index contributed by atoms with van der Waals surface area (Å²) >= 11 is 0. The molecule has 2 heteroatoms. The van der Waals surface area contributed by atoms with Gasteiger partial charge in [-0.25, -0.2) is 9.97 Å². The molecule has 60 valence electrons. The van der Waals surface area contributed by atoms with Crippen molar-refractivity contribution in [2.75, 3.05) is 0 Å². The molecule has 0 saturated carbocycles. The van der Waals surface area contributed by atoms with E-state index < -0.39 is 0 Å². The maximum atomic E-state index is 4.16. The normalized spacial score (nSPS) is 12.9. The molecule has 0 aromatic carbocycles. The number of aromatic nitrogens is 2. The molecule has 2 nitrogen and oxygen atoms in total. The Morgan fingerprint density at radius 3 is 2.91 bits per heavy atom. The molecule has 0 aliphatic heterocycles. The summed E-state index contributed by atoms with van der Waals surface area (Å²) in [4.78, 5) is 8.02. The van der Waals surface area contributed by atoms with Crippen molar-refractivity contribution in [1.29, 1.82) is 0 Å². The molecule has 0 radical (unpaired) electrons. The topological polar surface area (TPSA) is 25.8 Å². The minimum absolute atomic E-state index is 0.727. The highest BCUT2D eigenvalue weighted by Crippen LogP contribution is 2.07. The summed E-state index contributed by atoms with van der Waals surface area (Å²) in [7, 11) is 0. The van der Waals surface area contributed by atoms with Crippen LogP contribution < -0.4 is 0 Å². The highest BCUT2D eigenvalue weighted by Gasteiger charge is 2.00. The fourth-order valence-electron chi connectivity index (χ4n) is 0.940. The number of rotatable bonds is 3. The zero-order valence-corrected chi connectivity index (χ0v) is 7.12. The van der Waals surface area contributed by atoms with Crippen LogP contribution in [0.3, 0.4) is 0 Å². The Kier molecular flexibility index (Phi) is 3.02. The Labute approximate surface area is 67.7 Å². The van der Waals surface area contributed by atoms with E-state index in [2.05, 4.69) is 23.8 Å². The van der Waals surface area contributed by atoms with Gasteiger partial charge in [0.2, 0.25) is 0 Å². The minimum atomic E-state index is 0.727. The Bertz CT molecular complexity index is 196. The van der Waals surface area contributed by atoms with Crippen LogP contribution in [0, 0.1) is 5.92 Å². The molecule has 1 unspecified atom stereocenters. The van der Waals surface area contributed by atoms with Gasteiger partial charge in [-0.15, -0.1) is 0 Å². The fourth-order valence-corrected chi connectivity index (χ4v) is 0.940. The lowest BCUT2D eigenvalue weighted by atomic mass is 10.0. The number of hydrogen-bond acceptors (Lipinski definition) is 2. The van der Waals surface area contributed by atoms with Crippen LogP contribution in [0.25, 0.3) is 0 Å². The highest BCUT2D eigenvalue weighted by molar-refractivity contribution is 4.98. The third-order valence-corrected chi connectivity index (χ3v) is 1.90. The van der Waals surface area contributed by atoms with Gasteiger partial charge < -0.3 is 0 Å². The summed E-state index contributed by atoms with van der Waals surface area (Å²) in [5, 5.41) is 0. The lowest BCUT2D eigenvalue weighted by Crippen LogP contribution is -1.99. The standard InChI is InChI=1S/C9H14N2/c1-3-8(2)6-9-4-5-10-7-11-9/h4-5,7-8H,3,6H2,1-2H3. The molecule has 0 fully saturated rings. The SMILES string of the molecule is CCC(C)Cc1ccncn1. The zero-order chi connectivity index (χ0) is 8.10. The van der Waals surface area contributed by atoms with Crippen LogP contribution in [0.1, 0.15) is 26.0 Å². The highest BCUT2D eigenvalue weighted by atomic mass is 14.8. The van der Waals surface area contributed by atoms with Crippen molar-refractivity contribution in [2.24, 2.45) is 5.92 Å². The van der Waals surface area contributed by atoms with Gasteiger partial charge in [0, 0.05) is 11.9 Å². The Morgan fingerprint density at radius 2 is 2.36 bits per heavy atom. The first-order chi connectivity index (χ1) is 5.33. The van der Waals surface area contributed by atoms with E-state index in [0.717, 1.165) is 18.0 Å². The third-order valence-electron chi connectivity index (χ3n) is 1.90. The predicted octanol–water partition coefficient (Wildman–Crippen LogP) is 2.07. The maximum absolute atomic E-state index is 4.16. The van der Waals surface area contributed by atoms with Crippen LogP contribution in [0.4, 0.5) is 0 Å². The predicted molar refractivity (Wildman–Crippen MR) is 45.2 cm³/mol. The molecule has 1 aromatic rings. The molecule has 1 aromatic heterocycles. The average Bonchev–Trinajstić information content (AvgIpc) is 2.06. The lowest BCUT2D eigenvalue weighted by Gasteiger charge is -2.05. The number of hydrogen-bond donors (Lipinski definition) is 0. The van der Waals surface area contributed by atoms with Gasteiger partial charge in [-0.1, -0.05) is 20.3 Å². The van der Waals surface area contributed by atoms with Crippen LogP contribution in [-0.2, 0) is 6.42 Å². The van der Waals surface area contributed by atoms with Crippen LogP contribution in [0.2, 0.25) is 0 Å². The van der Waals surface area contributed by atoms with Gasteiger partial charge in [-0.2, -0.15) is 0 Å². The molecule has 1 heterocycles. The first kappa shape index (κ1) is 8.18. The van der Waals surface area contributed by atoms with Gasteiger partial charge in [0.1, 0.15) is 6.33 Å². The summed E-state index contributed by atoms with van der Waals surface area (Å²) < 4.78 is 0. The van der Waals surface area contributed by atoms with E-state index in [1.54, 1.807) is 12.5 Å². The molecule has 0 spiro atoms. The van der Waals surface area contributed by atoms with Gasteiger partial charge >= 0.3 is 0 Å². The van der Waals surface area contributed by atoms with E-state index >= 15 is 0 Å². The van der Waals surface area contributed by atoms with Gasteiger partial charge in [0.15, 0.2) is 0 Å². The van der Waals surface area contributed by atoms with Crippen molar-refractivity contribution in [2.45, 2.75) is 26.7 Å². The minimum Gasteiger partial charge on any atom is -0.245 e. The first-order valence-corrected chi connectivity index (χ1v) is 4.07. The van der Waals surface area contributed by atoms with Gasteiger partial charge in [-0.05, 0) is 18.4 Å². The Hall–Kier alpha value is -0.920. The average molecular weight is 150 g/mol. The smallest absolute Gasteiger partial charge is 0.115 e. The number of nitrogens with zero attached hydrogens (tertiary/aromatic N) is 2. The summed E-state index contributed by atoms with van der Waals surface area (Å²) in [5.41, 5.74) is 1.15. The van der Waals surface area contributed by atoms with Crippen LogP contribution in [-0.4, -0.2) is 9.97 Å². The summed E-state index contributed by atoms with van der Waals surface area (Å²) in [6.45, 7) is 4.44. The van der Waals surface area contributed by atoms with Crippen LogP contribution in [0.5, 0.6) is 0 Å². The van der Waals surface area contributed by atoms with Gasteiger partial charge in [0.05, 0.1) is 0 Å². The second-order valence-corrected chi connectivity index (χ2v) is 2.92.